The maximum Gasteiger partial charge on any atom is 0.309 e. The Bertz CT molecular complexity index is 779. The van der Waals surface area contributed by atoms with Crippen LogP contribution in [0.2, 0.25) is 0 Å². The van der Waals surface area contributed by atoms with Crippen LogP contribution in [-0.2, 0) is 19.1 Å². The van der Waals surface area contributed by atoms with Gasteiger partial charge < -0.3 is 15.4 Å². The van der Waals surface area contributed by atoms with Gasteiger partial charge in [-0.3, -0.25) is 14.4 Å². The van der Waals surface area contributed by atoms with E-state index in [-0.39, 0.29) is 29.7 Å². The van der Waals surface area contributed by atoms with Crippen LogP contribution in [0.4, 0.5) is 0 Å². The van der Waals surface area contributed by atoms with Crippen LogP contribution in [0.1, 0.15) is 148 Å². The minimum absolute atomic E-state index is 0.0194. The standard InChI is InChI=1S/C25H41NO3.C10H19NO/c27-24-17-11-3-1-2-8-16-22(18-20-12-6-4-7-13-20)25(28)29-19-23(26-24)21-14-9-5-10-15-21;1-9(12)11-8-7-10-5-3-2-4-6-10/h1,3,20-23H,2,4-19H2,(H,26,27);10H,2-8H2,1H3,(H,11,12)/b3-1-;. The van der Waals surface area contributed by atoms with Gasteiger partial charge in [0.15, 0.2) is 0 Å². The van der Waals surface area contributed by atoms with E-state index in [1.807, 2.05) is 0 Å². The number of cyclic esters (lactones) is 1. The molecule has 0 bridgehead atoms. The summed E-state index contributed by atoms with van der Waals surface area (Å²) in [5.41, 5.74) is 0. The van der Waals surface area contributed by atoms with Crippen LogP contribution < -0.4 is 10.6 Å². The maximum absolute atomic E-state index is 13.0. The zero-order valence-electron chi connectivity index (χ0n) is 26.1. The summed E-state index contributed by atoms with van der Waals surface area (Å²) in [7, 11) is 0. The van der Waals surface area contributed by atoms with Crippen molar-refractivity contribution >= 4 is 17.8 Å². The number of allylic oxidation sites excluding steroid dienone is 2. The minimum Gasteiger partial charge on any atom is -0.463 e. The predicted molar refractivity (Wildman–Crippen MR) is 166 cm³/mol. The van der Waals surface area contributed by atoms with E-state index < -0.39 is 0 Å². The van der Waals surface area contributed by atoms with Gasteiger partial charge in [0.25, 0.3) is 0 Å². The fraction of sp³-hybridized carbons (Fsp3) is 0.857. The molecular formula is C35H60N2O4. The van der Waals surface area contributed by atoms with Crippen LogP contribution >= 0.6 is 0 Å². The van der Waals surface area contributed by atoms with E-state index in [0.717, 1.165) is 57.4 Å². The molecule has 0 spiro atoms. The number of hydrogen-bond acceptors (Lipinski definition) is 4. The van der Waals surface area contributed by atoms with Crippen LogP contribution in [0, 0.1) is 23.7 Å². The molecule has 234 valence electrons. The molecule has 1 aliphatic heterocycles. The minimum atomic E-state index is -0.0216. The lowest BCUT2D eigenvalue weighted by Crippen LogP contribution is -2.45. The van der Waals surface area contributed by atoms with Crippen LogP contribution in [0.25, 0.3) is 0 Å². The van der Waals surface area contributed by atoms with E-state index in [2.05, 4.69) is 22.8 Å². The van der Waals surface area contributed by atoms with Crippen molar-refractivity contribution in [1.82, 2.24) is 10.6 Å². The molecule has 3 fully saturated rings. The summed E-state index contributed by atoms with van der Waals surface area (Å²) in [6.45, 7) is 2.81. The summed E-state index contributed by atoms with van der Waals surface area (Å²) >= 11 is 0. The largest absolute Gasteiger partial charge is 0.463 e. The second-order valence-electron chi connectivity index (χ2n) is 13.4. The molecule has 0 aromatic carbocycles. The predicted octanol–water partition coefficient (Wildman–Crippen LogP) is 7.79. The molecule has 2 N–H and O–H groups in total. The molecule has 3 saturated carbocycles. The van der Waals surface area contributed by atoms with Gasteiger partial charge in [-0.15, -0.1) is 0 Å². The number of carbonyl (C=O) groups excluding carboxylic acids is 3. The first-order valence-corrected chi connectivity index (χ1v) is 17.4. The van der Waals surface area contributed by atoms with Crippen LogP contribution in [-0.4, -0.2) is 37.0 Å². The van der Waals surface area contributed by atoms with Crippen molar-refractivity contribution in [2.75, 3.05) is 13.2 Å². The SMILES string of the molecule is CC(=O)NCCC1CCCCC1.O=C1CC/C=C\CCCC(CC2CCCCC2)C(=O)OCC(C2CCCCC2)N1. The van der Waals surface area contributed by atoms with E-state index in [1.165, 1.54) is 89.9 Å². The highest BCUT2D eigenvalue weighted by Gasteiger charge is 2.29. The third-order valence-corrected chi connectivity index (χ3v) is 9.93. The Kier molecular flexibility index (Phi) is 16.5. The molecule has 3 aliphatic carbocycles. The average Bonchev–Trinajstić information content (AvgIpc) is 2.99. The van der Waals surface area contributed by atoms with Gasteiger partial charge in [-0.1, -0.05) is 95.6 Å². The molecule has 4 aliphatic rings. The highest BCUT2D eigenvalue weighted by molar-refractivity contribution is 5.76. The van der Waals surface area contributed by atoms with Crippen LogP contribution in [0.5, 0.6) is 0 Å². The van der Waals surface area contributed by atoms with E-state index in [1.54, 1.807) is 6.92 Å². The average molecular weight is 573 g/mol. The molecule has 0 radical (unpaired) electrons. The molecule has 0 aromatic heterocycles. The van der Waals surface area contributed by atoms with Crippen LogP contribution in [0.15, 0.2) is 12.2 Å². The van der Waals surface area contributed by atoms with E-state index in [4.69, 9.17) is 4.74 Å². The molecule has 4 rings (SSSR count). The topological polar surface area (TPSA) is 84.5 Å². The normalized spacial score (nSPS) is 27.3. The second-order valence-corrected chi connectivity index (χ2v) is 13.4. The van der Waals surface area contributed by atoms with Gasteiger partial charge in [-0.2, -0.15) is 0 Å². The number of amides is 2. The monoisotopic (exact) mass is 572 g/mol. The molecule has 0 saturated heterocycles. The van der Waals surface area contributed by atoms with E-state index in [0.29, 0.717) is 24.9 Å². The van der Waals surface area contributed by atoms with Crippen molar-refractivity contribution in [1.29, 1.82) is 0 Å². The summed E-state index contributed by atoms with van der Waals surface area (Å²) in [4.78, 5) is 36.0. The number of hydrogen-bond donors (Lipinski definition) is 2. The Balaban J connectivity index is 0.000000322. The molecule has 2 amide bonds. The summed E-state index contributed by atoms with van der Waals surface area (Å²) in [5.74, 6) is 2.21. The summed E-state index contributed by atoms with van der Waals surface area (Å²) < 4.78 is 5.88. The van der Waals surface area contributed by atoms with Gasteiger partial charge in [0.05, 0.1) is 12.0 Å². The Hall–Kier alpha value is -1.85. The lowest BCUT2D eigenvalue weighted by Gasteiger charge is -2.31. The van der Waals surface area contributed by atoms with Crippen molar-refractivity contribution in [3.63, 3.8) is 0 Å². The van der Waals surface area contributed by atoms with Gasteiger partial charge in [0, 0.05) is 19.9 Å². The molecule has 1 heterocycles. The fourth-order valence-corrected chi connectivity index (χ4v) is 7.42. The van der Waals surface area contributed by atoms with Gasteiger partial charge in [-0.25, -0.2) is 0 Å². The van der Waals surface area contributed by atoms with E-state index in [9.17, 15) is 14.4 Å². The first kappa shape index (κ1) is 33.6. The fourth-order valence-electron chi connectivity index (χ4n) is 7.42. The van der Waals surface area contributed by atoms with Crippen LogP contribution in [0.3, 0.4) is 0 Å². The van der Waals surface area contributed by atoms with Crippen molar-refractivity contribution < 1.29 is 19.1 Å². The molecule has 6 heteroatoms. The second kappa shape index (κ2) is 20.1. The summed E-state index contributed by atoms with van der Waals surface area (Å²) in [5, 5.41) is 6.06. The van der Waals surface area contributed by atoms with Gasteiger partial charge in [0.2, 0.25) is 11.8 Å². The van der Waals surface area contributed by atoms with Gasteiger partial charge >= 0.3 is 5.97 Å². The number of carbonyl (C=O) groups is 3. The van der Waals surface area contributed by atoms with Gasteiger partial charge in [-0.05, 0) is 69.1 Å². The van der Waals surface area contributed by atoms with Crippen molar-refractivity contribution in [3.05, 3.63) is 12.2 Å². The summed E-state index contributed by atoms with van der Waals surface area (Å²) in [6.07, 6.45) is 30.2. The van der Waals surface area contributed by atoms with Gasteiger partial charge in [0.1, 0.15) is 6.61 Å². The maximum atomic E-state index is 13.0. The molecular weight excluding hydrogens is 512 g/mol. The zero-order chi connectivity index (χ0) is 29.1. The Morgan fingerprint density at radius 3 is 2.07 bits per heavy atom. The highest BCUT2D eigenvalue weighted by atomic mass is 16.5. The first-order valence-electron chi connectivity index (χ1n) is 17.4. The van der Waals surface area contributed by atoms with Crippen molar-refractivity contribution in [3.8, 4) is 0 Å². The Morgan fingerprint density at radius 1 is 0.805 bits per heavy atom. The number of esters is 1. The third-order valence-electron chi connectivity index (χ3n) is 9.93. The van der Waals surface area contributed by atoms with Crippen molar-refractivity contribution in [2.45, 2.75) is 154 Å². The zero-order valence-corrected chi connectivity index (χ0v) is 26.1. The number of ether oxygens (including phenoxy) is 1. The number of rotatable bonds is 6. The van der Waals surface area contributed by atoms with E-state index >= 15 is 0 Å². The molecule has 41 heavy (non-hydrogen) atoms. The number of nitrogens with one attached hydrogen (secondary N) is 2. The molecule has 0 aromatic rings. The first-order chi connectivity index (χ1) is 20.0. The molecule has 2 unspecified atom stereocenters. The quantitative estimate of drug-likeness (QED) is 0.251. The highest BCUT2D eigenvalue weighted by Crippen LogP contribution is 2.32. The summed E-state index contributed by atoms with van der Waals surface area (Å²) in [6, 6.07) is -0.0194. The lowest BCUT2D eigenvalue weighted by molar-refractivity contribution is -0.151. The Morgan fingerprint density at radius 2 is 1.41 bits per heavy atom. The Labute approximate surface area is 250 Å². The van der Waals surface area contributed by atoms with Crippen molar-refractivity contribution in [2.24, 2.45) is 23.7 Å². The molecule has 2 atom stereocenters. The smallest absolute Gasteiger partial charge is 0.309 e. The molecule has 6 nitrogen and oxygen atoms in total. The third kappa shape index (κ3) is 14.2. The lowest BCUT2D eigenvalue weighted by atomic mass is 9.81.